The van der Waals surface area contributed by atoms with Gasteiger partial charge in [0.15, 0.2) is 5.13 Å². The summed E-state index contributed by atoms with van der Waals surface area (Å²) in [6.07, 6.45) is 4.77. The van der Waals surface area contributed by atoms with Crippen LogP contribution in [0.5, 0.6) is 0 Å². The van der Waals surface area contributed by atoms with E-state index in [0.29, 0.717) is 37.0 Å². The SMILES string of the molecule is O=C(Nc1nc(-c2ccc(S(=O)(=O)c3ccccc3)cc2)cs1)N1CCN(c2nc(N3CCCC3)cc(N3CCCC3)n2)CC1. The Balaban J connectivity index is 0.977. The highest BCUT2D eigenvalue weighted by Gasteiger charge is 2.26. The number of carbonyl (C=O) groups is 1. The summed E-state index contributed by atoms with van der Waals surface area (Å²) in [5.74, 6) is 2.76. The van der Waals surface area contributed by atoms with Crippen molar-refractivity contribution in [2.75, 3.05) is 72.4 Å². The molecule has 0 unspecified atom stereocenters. The summed E-state index contributed by atoms with van der Waals surface area (Å²) in [5, 5.41) is 5.30. The molecular formula is C32H36N8O3S2. The van der Waals surface area contributed by atoms with E-state index in [1.807, 2.05) is 5.38 Å². The van der Waals surface area contributed by atoms with Crippen LogP contribution in [0.1, 0.15) is 25.7 Å². The molecule has 13 heteroatoms. The van der Waals surface area contributed by atoms with Crippen molar-refractivity contribution in [1.82, 2.24) is 19.9 Å². The van der Waals surface area contributed by atoms with E-state index in [2.05, 4.69) is 31.1 Å². The number of benzene rings is 2. The minimum Gasteiger partial charge on any atom is -0.356 e. The molecule has 1 N–H and O–H groups in total. The van der Waals surface area contributed by atoms with Gasteiger partial charge in [-0.25, -0.2) is 18.2 Å². The number of sulfone groups is 1. The Labute approximate surface area is 267 Å². The van der Waals surface area contributed by atoms with Gasteiger partial charge in [-0.3, -0.25) is 5.32 Å². The Morgan fingerprint density at radius 3 is 1.87 bits per heavy atom. The van der Waals surface area contributed by atoms with Crippen LogP contribution in [0.4, 0.5) is 27.5 Å². The summed E-state index contributed by atoms with van der Waals surface area (Å²) in [6.45, 7) is 6.53. The van der Waals surface area contributed by atoms with Gasteiger partial charge in [0.05, 0.1) is 15.5 Å². The molecule has 0 spiro atoms. The summed E-state index contributed by atoms with van der Waals surface area (Å²) < 4.78 is 25.8. The fourth-order valence-corrected chi connectivity index (χ4v) is 8.04. The quantitative estimate of drug-likeness (QED) is 0.297. The normalized spacial score (nSPS) is 17.2. The molecule has 3 aliphatic rings. The van der Waals surface area contributed by atoms with Crippen LogP contribution in [0.15, 0.2) is 75.8 Å². The third-order valence-electron chi connectivity index (χ3n) is 8.63. The molecule has 5 heterocycles. The van der Waals surface area contributed by atoms with Crippen molar-refractivity contribution < 1.29 is 13.2 Å². The molecule has 3 saturated heterocycles. The maximum absolute atomic E-state index is 13.2. The number of amides is 2. The lowest BCUT2D eigenvalue weighted by Gasteiger charge is -2.35. The zero-order valence-corrected chi connectivity index (χ0v) is 26.6. The second kappa shape index (κ2) is 12.6. The summed E-state index contributed by atoms with van der Waals surface area (Å²) in [7, 11) is -3.59. The van der Waals surface area contributed by atoms with Gasteiger partial charge in [0.25, 0.3) is 0 Å². The van der Waals surface area contributed by atoms with E-state index in [1.54, 1.807) is 59.5 Å². The molecule has 0 atom stereocenters. The predicted octanol–water partition coefficient (Wildman–Crippen LogP) is 4.99. The molecule has 7 rings (SSSR count). The van der Waals surface area contributed by atoms with Crippen molar-refractivity contribution in [3.05, 3.63) is 66.0 Å². The van der Waals surface area contributed by atoms with Crippen molar-refractivity contribution in [3.8, 4) is 11.3 Å². The fourth-order valence-electron chi connectivity index (χ4n) is 6.05. The monoisotopic (exact) mass is 644 g/mol. The number of aromatic nitrogens is 3. The predicted molar refractivity (Wildman–Crippen MR) is 177 cm³/mol. The lowest BCUT2D eigenvalue weighted by molar-refractivity contribution is 0.208. The fraction of sp³-hybridized carbons (Fsp3) is 0.375. The van der Waals surface area contributed by atoms with Crippen molar-refractivity contribution in [3.63, 3.8) is 0 Å². The van der Waals surface area contributed by atoms with Crippen molar-refractivity contribution in [1.29, 1.82) is 0 Å². The number of nitrogens with zero attached hydrogens (tertiary/aromatic N) is 7. The van der Waals surface area contributed by atoms with Crippen LogP contribution in [-0.2, 0) is 9.84 Å². The van der Waals surface area contributed by atoms with Gasteiger partial charge in [0, 0.05) is 69.4 Å². The molecule has 0 aliphatic carbocycles. The van der Waals surface area contributed by atoms with E-state index in [1.165, 1.54) is 37.0 Å². The summed E-state index contributed by atoms with van der Waals surface area (Å²) >= 11 is 1.34. The number of nitrogens with one attached hydrogen (secondary N) is 1. The molecule has 2 aromatic heterocycles. The Morgan fingerprint density at radius 1 is 0.689 bits per heavy atom. The standard InChI is InChI=1S/C32H36N8O3S2/c41-32(36-31-33-27(23-44-31)24-10-12-26(13-11-24)45(42,43)25-8-2-1-3-9-25)40-20-18-39(19-21-40)30-34-28(37-14-4-5-15-37)22-29(35-30)38-16-6-7-17-38/h1-3,8-13,22-23H,4-7,14-21H2,(H,33,36,41). The minimum absolute atomic E-state index is 0.190. The highest BCUT2D eigenvalue weighted by Crippen LogP contribution is 2.30. The largest absolute Gasteiger partial charge is 0.356 e. The van der Waals surface area contributed by atoms with Crippen molar-refractivity contribution in [2.24, 2.45) is 0 Å². The van der Waals surface area contributed by atoms with E-state index in [0.717, 1.165) is 49.3 Å². The molecule has 234 valence electrons. The smallest absolute Gasteiger partial charge is 0.323 e. The van der Waals surface area contributed by atoms with E-state index >= 15 is 0 Å². The van der Waals surface area contributed by atoms with Crippen LogP contribution in [0, 0.1) is 0 Å². The number of rotatable bonds is 7. The maximum Gasteiger partial charge on any atom is 0.323 e. The third kappa shape index (κ3) is 6.32. The van der Waals surface area contributed by atoms with Crippen LogP contribution in [0.3, 0.4) is 0 Å². The van der Waals surface area contributed by atoms with Gasteiger partial charge in [-0.2, -0.15) is 9.97 Å². The number of urea groups is 1. The van der Waals surface area contributed by atoms with Crippen LogP contribution in [0.2, 0.25) is 0 Å². The van der Waals surface area contributed by atoms with Gasteiger partial charge in [-0.05, 0) is 49.9 Å². The number of anilines is 4. The average Bonchev–Trinajstić information content (AvgIpc) is 3.89. The highest BCUT2D eigenvalue weighted by molar-refractivity contribution is 7.91. The lowest BCUT2D eigenvalue weighted by Crippen LogP contribution is -2.50. The van der Waals surface area contributed by atoms with E-state index in [9.17, 15) is 13.2 Å². The molecule has 3 aliphatic heterocycles. The molecule has 2 amide bonds. The first-order chi connectivity index (χ1) is 21.9. The second-order valence-corrected chi connectivity index (χ2v) is 14.4. The molecule has 0 saturated carbocycles. The zero-order chi connectivity index (χ0) is 30.8. The molecule has 0 bridgehead atoms. The average molecular weight is 645 g/mol. The zero-order valence-electron chi connectivity index (χ0n) is 25.0. The Bertz CT molecular complexity index is 1710. The first-order valence-electron chi connectivity index (χ1n) is 15.5. The van der Waals surface area contributed by atoms with Gasteiger partial charge in [0.2, 0.25) is 15.8 Å². The highest BCUT2D eigenvalue weighted by atomic mass is 32.2. The first-order valence-corrected chi connectivity index (χ1v) is 17.9. The van der Waals surface area contributed by atoms with Crippen LogP contribution in [-0.4, -0.2) is 86.7 Å². The Kier molecular flexibility index (Phi) is 8.28. The molecule has 0 radical (unpaired) electrons. The molecule has 45 heavy (non-hydrogen) atoms. The van der Waals surface area contributed by atoms with Gasteiger partial charge >= 0.3 is 6.03 Å². The van der Waals surface area contributed by atoms with Crippen LogP contribution in [0.25, 0.3) is 11.3 Å². The number of hydrogen-bond acceptors (Lipinski definition) is 10. The van der Waals surface area contributed by atoms with Gasteiger partial charge in [-0.1, -0.05) is 30.3 Å². The lowest BCUT2D eigenvalue weighted by atomic mass is 10.2. The number of hydrogen-bond donors (Lipinski definition) is 1. The summed E-state index contributed by atoms with van der Waals surface area (Å²) in [4.78, 5) is 36.9. The molecule has 4 aromatic rings. The summed E-state index contributed by atoms with van der Waals surface area (Å²) in [5.41, 5.74) is 1.45. The first kappa shape index (κ1) is 29.5. The van der Waals surface area contributed by atoms with Crippen molar-refractivity contribution in [2.45, 2.75) is 35.5 Å². The third-order valence-corrected chi connectivity index (χ3v) is 11.2. The topological polar surface area (TPSA) is 115 Å². The number of carbonyl (C=O) groups excluding carboxylic acids is 1. The molecule has 11 nitrogen and oxygen atoms in total. The second-order valence-electron chi connectivity index (χ2n) is 11.6. The molecule has 2 aromatic carbocycles. The van der Waals surface area contributed by atoms with Gasteiger partial charge < -0.3 is 19.6 Å². The number of thiazole rings is 1. The van der Waals surface area contributed by atoms with Crippen LogP contribution >= 0.6 is 11.3 Å². The van der Waals surface area contributed by atoms with E-state index < -0.39 is 9.84 Å². The van der Waals surface area contributed by atoms with E-state index in [4.69, 9.17) is 9.97 Å². The Hall–Kier alpha value is -4.23. The molecule has 3 fully saturated rings. The van der Waals surface area contributed by atoms with E-state index in [-0.39, 0.29) is 15.8 Å². The van der Waals surface area contributed by atoms with Gasteiger partial charge in [0.1, 0.15) is 11.6 Å². The van der Waals surface area contributed by atoms with Crippen LogP contribution < -0.4 is 20.0 Å². The van der Waals surface area contributed by atoms with Crippen molar-refractivity contribution >= 4 is 49.9 Å². The number of piperazine rings is 1. The minimum atomic E-state index is -3.59. The Morgan fingerprint density at radius 2 is 1.27 bits per heavy atom. The summed E-state index contributed by atoms with van der Waals surface area (Å²) in [6, 6.07) is 17.0. The van der Waals surface area contributed by atoms with Gasteiger partial charge in [-0.15, -0.1) is 11.3 Å². The molecular weight excluding hydrogens is 609 g/mol. The maximum atomic E-state index is 13.2.